The van der Waals surface area contributed by atoms with E-state index in [-0.39, 0.29) is 0 Å². The molecule has 98 valence electrons. The van der Waals surface area contributed by atoms with Crippen molar-refractivity contribution in [1.82, 2.24) is 15.0 Å². The Labute approximate surface area is 115 Å². The van der Waals surface area contributed by atoms with Crippen LogP contribution in [0.5, 0.6) is 5.75 Å². The molecule has 0 saturated heterocycles. The van der Waals surface area contributed by atoms with Gasteiger partial charge in [-0.2, -0.15) is 0 Å². The third-order valence-electron chi connectivity index (χ3n) is 3.37. The molecule has 3 heterocycles. The highest BCUT2D eigenvalue weighted by Gasteiger charge is 2.21. The van der Waals surface area contributed by atoms with Crippen LogP contribution in [0.4, 0.5) is 5.95 Å². The normalized spacial score (nSPS) is 13.9. The Bertz CT molecular complexity index is 760. The first-order valence-electron chi connectivity index (χ1n) is 6.43. The molecule has 1 aliphatic rings. The topological polar surface area (TPSA) is 51.1 Å². The molecule has 0 saturated carbocycles. The predicted octanol–water partition coefficient (Wildman–Crippen LogP) is 2.38. The van der Waals surface area contributed by atoms with Gasteiger partial charge in [0, 0.05) is 29.5 Å². The van der Waals surface area contributed by atoms with Gasteiger partial charge in [-0.1, -0.05) is 18.2 Å². The van der Waals surface area contributed by atoms with Crippen molar-refractivity contribution in [1.29, 1.82) is 0 Å². The Morgan fingerprint density at radius 3 is 2.70 bits per heavy atom. The number of pyridine rings is 1. The molecule has 0 fully saturated rings. The molecule has 3 aromatic rings. The fraction of sp³-hybridized carbons (Fsp3) is 0.133. The van der Waals surface area contributed by atoms with Gasteiger partial charge in [0.15, 0.2) is 12.5 Å². The lowest BCUT2D eigenvalue weighted by molar-refractivity contribution is 0.290. The Balaban J connectivity index is 1.75. The molecule has 1 aromatic carbocycles. The van der Waals surface area contributed by atoms with Crippen molar-refractivity contribution in [3.8, 4) is 5.75 Å². The van der Waals surface area contributed by atoms with Crippen molar-refractivity contribution in [3.05, 3.63) is 54.5 Å². The second-order valence-corrected chi connectivity index (χ2v) is 4.65. The summed E-state index contributed by atoms with van der Waals surface area (Å²) in [5.41, 5.74) is 2.02. The second-order valence-electron chi connectivity index (χ2n) is 4.65. The summed E-state index contributed by atoms with van der Waals surface area (Å²) in [6.07, 6.45) is 5.26. The molecule has 1 aliphatic heterocycles. The van der Waals surface area contributed by atoms with Crippen LogP contribution in [0.2, 0.25) is 0 Å². The molecule has 0 N–H and O–H groups in total. The lowest BCUT2D eigenvalue weighted by Gasteiger charge is -2.29. The van der Waals surface area contributed by atoms with E-state index in [1.807, 2.05) is 17.0 Å². The molecular weight excluding hydrogens is 252 g/mol. The molecule has 2 aromatic heterocycles. The Morgan fingerprint density at radius 1 is 0.950 bits per heavy atom. The van der Waals surface area contributed by atoms with Crippen LogP contribution in [0.3, 0.4) is 0 Å². The minimum Gasteiger partial charge on any atom is -0.470 e. The Hall–Kier alpha value is -2.69. The van der Waals surface area contributed by atoms with Crippen molar-refractivity contribution >= 4 is 16.9 Å². The van der Waals surface area contributed by atoms with Gasteiger partial charge < -0.3 is 9.64 Å². The fourth-order valence-corrected chi connectivity index (χ4v) is 2.42. The van der Waals surface area contributed by atoms with E-state index in [1.54, 1.807) is 24.7 Å². The summed E-state index contributed by atoms with van der Waals surface area (Å²) in [6, 6.07) is 9.92. The van der Waals surface area contributed by atoms with Crippen LogP contribution in [-0.2, 0) is 6.54 Å². The monoisotopic (exact) mass is 264 g/mol. The zero-order chi connectivity index (χ0) is 13.4. The first-order valence-corrected chi connectivity index (χ1v) is 6.43. The van der Waals surface area contributed by atoms with Gasteiger partial charge in [0.25, 0.3) is 0 Å². The molecule has 0 aliphatic carbocycles. The summed E-state index contributed by atoms with van der Waals surface area (Å²) >= 11 is 0. The van der Waals surface area contributed by atoms with E-state index in [2.05, 4.69) is 27.1 Å². The first-order chi connectivity index (χ1) is 9.92. The van der Waals surface area contributed by atoms with Crippen LogP contribution in [0.15, 0.2) is 48.9 Å². The highest BCUT2D eigenvalue weighted by Crippen LogP contribution is 2.32. The molecule has 0 spiro atoms. The van der Waals surface area contributed by atoms with Crippen molar-refractivity contribution in [2.45, 2.75) is 6.54 Å². The van der Waals surface area contributed by atoms with Gasteiger partial charge in [0.1, 0.15) is 5.52 Å². The highest BCUT2D eigenvalue weighted by molar-refractivity contribution is 5.86. The maximum Gasteiger partial charge on any atom is 0.228 e. The molecular formula is C15H12N4O. The largest absolute Gasteiger partial charge is 0.470 e. The average molecular weight is 264 g/mol. The number of nitrogens with zero attached hydrogens (tertiary/aromatic N) is 4. The van der Waals surface area contributed by atoms with Gasteiger partial charge >= 0.3 is 0 Å². The maximum atomic E-state index is 5.89. The predicted molar refractivity (Wildman–Crippen MR) is 75.5 cm³/mol. The number of benzene rings is 1. The molecule has 0 atom stereocenters. The fourth-order valence-electron chi connectivity index (χ4n) is 2.42. The van der Waals surface area contributed by atoms with E-state index >= 15 is 0 Å². The smallest absolute Gasteiger partial charge is 0.228 e. The number of anilines is 1. The van der Waals surface area contributed by atoms with Gasteiger partial charge in [0.2, 0.25) is 5.95 Å². The average Bonchev–Trinajstić information content (AvgIpc) is 2.55. The van der Waals surface area contributed by atoms with Crippen LogP contribution in [0.25, 0.3) is 10.9 Å². The molecule has 0 unspecified atom stereocenters. The molecule has 5 nitrogen and oxygen atoms in total. The van der Waals surface area contributed by atoms with Gasteiger partial charge in [-0.15, -0.1) is 0 Å². The SMILES string of the molecule is c1cnc(N2COc3c(ccc4cccnc34)C2)nc1. The zero-order valence-electron chi connectivity index (χ0n) is 10.7. The number of aromatic nitrogens is 3. The Kier molecular flexibility index (Phi) is 2.48. The molecule has 4 rings (SSSR count). The summed E-state index contributed by atoms with van der Waals surface area (Å²) in [7, 11) is 0. The molecule has 0 bridgehead atoms. The summed E-state index contributed by atoms with van der Waals surface area (Å²) < 4.78 is 5.89. The van der Waals surface area contributed by atoms with E-state index in [0.717, 1.165) is 28.8 Å². The van der Waals surface area contributed by atoms with E-state index in [1.165, 1.54) is 0 Å². The minimum atomic E-state index is 0.437. The summed E-state index contributed by atoms with van der Waals surface area (Å²) in [5, 5.41) is 1.09. The second kappa shape index (κ2) is 4.45. The summed E-state index contributed by atoms with van der Waals surface area (Å²) in [6.45, 7) is 1.17. The number of rotatable bonds is 1. The van der Waals surface area contributed by atoms with Crippen LogP contribution in [-0.4, -0.2) is 21.7 Å². The minimum absolute atomic E-state index is 0.437. The van der Waals surface area contributed by atoms with Gasteiger partial charge in [-0.25, -0.2) is 9.97 Å². The lowest BCUT2D eigenvalue weighted by Crippen LogP contribution is -2.33. The number of hydrogen-bond acceptors (Lipinski definition) is 5. The standard InChI is InChI=1S/C15H12N4O/c1-3-11-4-5-12-9-19(15-17-7-2-8-18-15)10-20-14(12)13(11)16-6-1/h1-8H,9-10H2. The van der Waals surface area contributed by atoms with Crippen LogP contribution < -0.4 is 9.64 Å². The number of hydrogen-bond donors (Lipinski definition) is 0. The molecule has 0 amide bonds. The van der Waals surface area contributed by atoms with Gasteiger partial charge in [-0.05, 0) is 12.1 Å². The molecule has 0 radical (unpaired) electrons. The third-order valence-corrected chi connectivity index (χ3v) is 3.37. The van der Waals surface area contributed by atoms with E-state index in [0.29, 0.717) is 12.7 Å². The van der Waals surface area contributed by atoms with Crippen LogP contribution in [0.1, 0.15) is 5.56 Å². The highest BCUT2D eigenvalue weighted by atomic mass is 16.5. The molecule has 5 heteroatoms. The van der Waals surface area contributed by atoms with Crippen LogP contribution in [0, 0.1) is 0 Å². The third kappa shape index (κ3) is 1.75. The summed E-state index contributed by atoms with van der Waals surface area (Å²) in [4.78, 5) is 14.9. The maximum absolute atomic E-state index is 5.89. The number of fused-ring (bicyclic) bond motifs is 3. The first kappa shape index (κ1) is 11.2. The van der Waals surface area contributed by atoms with E-state index < -0.39 is 0 Å². The number of ether oxygens (including phenoxy) is 1. The van der Waals surface area contributed by atoms with Crippen molar-refractivity contribution in [2.24, 2.45) is 0 Å². The Morgan fingerprint density at radius 2 is 1.80 bits per heavy atom. The van der Waals surface area contributed by atoms with Crippen molar-refractivity contribution in [2.75, 3.05) is 11.6 Å². The van der Waals surface area contributed by atoms with Gasteiger partial charge in [0.05, 0.1) is 6.54 Å². The van der Waals surface area contributed by atoms with E-state index in [4.69, 9.17) is 4.74 Å². The van der Waals surface area contributed by atoms with Crippen LogP contribution >= 0.6 is 0 Å². The quantitative estimate of drug-likeness (QED) is 0.675. The van der Waals surface area contributed by atoms with E-state index in [9.17, 15) is 0 Å². The lowest BCUT2D eigenvalue weighted by atomic mass is 10.1. The zero-order valence-corrected chi connectivity index (χ0v) is 10.7. The molecule has 20 heavy (non-hydrogen) atoms. The summed E-state index contributed by atoms with van der Waals surface area (Å²) in [5.74, 6) is 1.55. The van der Waals surface area contributed by atoms with Gasteiger partial charge in [-0.3, -0.25) is 4.98 Å². The van der Waals surface area contributed by atoms with Crippen molar-refractivity contribution in [3.63, 3.8) is 0 Å². The van der Waals surface area contributed by atoms with Crippen molar-refractivity contribution < 1.29 is 4.74 Å².